The fourth-order valence-corrected chi connectivity index (χ4v) is 3.55. The van der Waals surface area contributed by atoms with Crippen molar-refractivity contribution in [1.29, 1.82) is 0 Å². The van der Waals surface area contributed by atoms with Gasteiger partial charge in [0.2, 0.25) is 11.8 Å². The number of rotatable bonds is 7. The lowest BCUT2D eigenvalue weighted by molar-refractivity contribution is -0.119. The first-order chi connectivity index (χ1) is 13.4. The minimum atomic E-state index is -0.713. The molecule has 0 saturated carbocycles. The van der Waals surface area contributed by atoms with Crippen LogP contribution in [-0.2, 0) is 16.1 Å². The number of hydrogen-bond acceptors (Lipinski definition) is 7. The Morgan fingerprint density at radius 3 is 2.75 bits per heavy atom. The van der Waals surface area contributed by atoms with E-state index in [-0.39, 0.29) is 17.7 Å². The Balaban J connectivity index is 1.57. The first kappa shape index (κ1) is 19.8. The van der Waals surface area contributed by atoms with Crippen molar-refractivity contribution < 1.29 is 18.8 Å². The lowest BCUT2D eigenvalue weighted by atomic mass is 10.3. The van der Waals surface area contributed by atoms with Crippen molar-refractivity contribution in [2.45, 2.75) is 26.4 Å². The third kappa shape index (κ3) is 5.05. The standard InChI is InChI=1S/C18H18N4O4S2/c1-10(20-17(25)15-4-3-7-27-15)16(24)22-18-21-13(9-28-18)14-6-5-12(26-14)8-19-11(2)23/h3-7,9-10H,8H2,1-2H3,(H,19,23)(H,20,25)(H,21,22,24)/t10-/m0/s1. The second kappa shape index (κ2) is 8.81. The van der Waals surface area contributed by atoms with Gasteiger partial charge in [0.15, 0.2) is 10.9 Å². The molecule has 0 saturated heterocycles. The molecule has 3 amide bonds. The van der Waals surface area contributed by atoms with Gasteiger partial charge in [0, 0.05) is 12.3 Å². The van der Waals surface area contributed by atoms with Crippen LogP contribution in [0.15, 0.2) is 39.4 Å². The third-order valence-corrected chi connectivity index (χ3v) is 5.27. The molecule has 0 spiro atoms. The number of carbonyl (C=O) groups excluding carboxylic acids is 3. The molecular weight excluding hydrogens is 400 g/mol. The second-order valence-electron chi connectivity index (χ2n) is 5.88. The molecule has 0 unspecified atom stereocenters. The summed E-state index contributed by atoms with van der Waals surface area (Å²) in [5.41, 5.74) is 0.574. The Morgan fingerprint density at radius 1 is 1.21 bits per heavy atom. The van der Waals surface area contributed by atoms with Crippen molar-refractivity contribution >= 4 is 45.5 Å². The lowest BCUT2D eigenvalue weighted by Crippen LogP contribution is -2.41. The van der Waals surface area contributed by atoms with Crippen LogP contribution in [0.4, 0.5) is 5.13 Å². The van der Waals surface area contributed by atoms with Gasteiger partial charge < -0.3 is 20.4 Å². The van der Waals surface area contributed by atoms with E-state index in [0.29, 0.717) is 33.8 Å². The van der Waals surface area contributed by atoms with E-state index in [2.05, 4.69) is 20.9 Å². The van der Waals surface area contributed by atoms with E-state index in [1.54, 1.807) is 41.9 Å². The van der Waals surface area contributed by atoms with Crippen LogP contribution >= 0.6 is 22.7 Å². The highest BCUT2D eigenvalue weighted by molar-refractivity contribution is 7.14. The molecule has 3 N–H and O–H groups in total. The van der Waals surface area contributed by atoms with Crippen LogP contribution in [0, 0.1) is 0 Å². The maximum Gasteiger partial charge on any atom is 0.261 e. The SMILES string of the molecule is CC(=O)NCc1ccc(-c2csc(NC(=O)[C@H](C)NC(=O)c3cccs3)n2)o1. The van der Waals surface area contributed by atoms with E-state index in [0.717, 1.165) is 0 Å². The fraction of sp³-hybridized carbons (Fsp3) is 0.222. The quantitative estimate of drug-likeness (QED) is 0.546. The Hall–Kier alpha value is -2.98. The molecule has 0 aliphatic heterocycles. The van der Waals surface area contributed by atoms with Gasteiger partial charge >= 0.3 is 0 Å². The maximum absolute atomic E-state index is 12.3. The van der Waals surface area contributed by atoms with Gasteiger partial charge in [0.25, 0.3) is 5.91 Å². The Bertz CT molecular complexity index is 978. The van der Waals surface area contributed by atoms with Crippen LogP contribution < -0.4 is 16.0 Å². The minimum absolute atomic E-state index is 0.142. The van der Waals surface area contributed by atoms with Crippen LogP contribution in [0.25, 0.3) is 11.5 Å². The maximum atomic E-state index is 12.3. The topological polar surface area (TPSA) is 113 Å². The van der Waals surface area contributed by atoms with Crippen molar-refractivity contribution in [3.8, 4) is 11.5 Å². The van der Waals surface area contributed by atoms with Crippen molar-refractivity contribution in [2.75, 3.05) is 5.32 Å². The number of hydrogen-bond donors (Lipinski definition) is 3. The van der Waals surface area contributed by atoms with E-state index < -0.39 is 6.04 Å². The summed E-state index contributed by atoms with van der Waals surface area (Å²) in [4.78, 5) is 40.2. The molecule has 3 rings (SSSR count). The number of furan rings is 1. The van der Waals surface area contributed by atoms with E-state index >= 15 is 0 Å². The third-order valence-electron chi connectivity index (χ3n) is 3.65. The van der Waals surface area contributed by atoms with Crippen molar-refractivity contribution in [2.24, 2.45) is 0 Å². The lowest BCUT2D eigenvalue weighted by Gasteiger charge is -2.12. The molecule has 146 valence electrons. The number of thiophene rings is 1. The predicted molar refractivity (Wildman–Crippen MR) is 107 cm³/mol. The average Bonchev–Trinajstić information content (AvgIpc) is 3.40. The number of amides is 3. The van der Waals surface area contributed by atoms with Crippen LogP contribution in [0.3, 0.4) is 0 Å². The molecule has 8 nitrogen and oxygen atoms in total. The highest BCUT2D eigenvalue weighted by Gasteiger charge is 2.19. The van der Waals surface area contributed by atoms with Gasteiger partial charge in [-0.05, 0) is 30.5 Å². The summed E-state index contributed by atoms with van der Waals surface area (Å²) in [6.45, 7) is 3.34. The van der Waals surface area contributed by atoms with Crippen LogP contribution in [0.5, 0.6) is 0 Å². The molecule has 3 aromatic heterocycles. The molecule has 3 heterocycles. The Morgan fingerprint density at radius 2 is 2.04 bits per heavy atom. The Labute approximate surface area is 169 Å². The van der Waals surface area contributed by atoms with Gasteiger partial charge in [-0.25, -0.2) is 4.98 Å². The van der Waals surface area contributed by atoms with Crippen molar-refractivity contribution in [1.82, 2.24) is 15.6 Å². The Kier molecular flexibility index (Phi) is 6.22. The van der Waals surface area contributed by atoms with Crippen molar-refractivity contribution in [3.63, 3.8) is 0 Å². The average molecular weight is 419 g/mol. The van der Waals surface area contributed by atoms with Crippen LogP contribution in [-0.4, -0.2) is 28.7 Å². The molecule has 1 atom stereocenters. The molecule has 0 aromatic carbocycles. The fourth-order valence-electron chi connectivity index (χ4n) is 2.22. The van der Waals surface area contributed by atoms with Gasteiger partial charge in [-0.1, -0.05) is 6.07 Å². The van der Waals surface area contributed by atoms with E-state index in [4.69, 9.17) is 4.42 Å². The molecule has 0 radical (unpaired) electrons. The summed E-state index contributed by atoms with van der Waals surface area (Å²) >= 11 is 2.56. The number of aromatic nitrogens is 1. The minimum Gasteiger partial charge on any atom is -0.458 e. The summed E-state index contributed by atoms with van der Waals surface area (Å²) in [5.74, 6) is 0.345. The van der Waals surface area contributed by atoms with Crippen LogP contribution in [0.1, 0.15) is 29.3 Å². The van der Waals surface area contributed by atoms with E-state index in [1.165, 1.54) is 29.6 Å². The van der Waals surface area contributed by atoms with Crippen molar-refractivity contribution in [3.05, 3.63) is 45.7 Å². The normalized spacial score (nSPS) is 11.6. The zero-order chi connectivity index (χ0) is 20.1. The molecule has 0 fully saturated rings. The summed E-state index contributed by atoms with van der Waals surface area (Å²) < 4.78 is 5.64. The van der Waals surface area contributed by atoms with E-state index in [1.807, 2.05) is 0 Å². The first-order valence-corrected chi connectivity index (χ1v) is 10.1. The summed E-state index contributed by atoms with van der Waals surface area (Å²) in [6, 6.07) is 6.26. The molecule has 10 heteroatoms. The summed E-state index contributed by atoms with van der Waals surface area (Å²) in [7, 11) is 0. The molecule has 0 aliphatic rings. The van der Waals surface area contributed by atoms with E-state index in [9.17, 15) is 14.4 Å². The number of thiazole rings is 1. The monoisotopic (exact) mass is 418 g/mol. The molecule has 3 aromatic rings. The van der Waals surface area contributed by atoms with Gasteiger partial charge in [-0.3, -0.25) is 14.4 Å². The summed E-state index contributed by atoms with van der Waals surface area (Å²) in [5, 5.41) is 11.9. The number of nitrogens with one attached hydrogen (secondary N) is 3. The largest absolute Gasteiger partial charge is 0.458 e. The van der Waals surface area contributed by atoms with Gasteiger partial charge in [0.1, 0.15) is 17.5 Å². The summed E-state index contributed by atoms with van der Waals surface area (Å²) in [6.07, 6.45) is 0. The highest BCUT2D eigenvalue weighted by Crippen LogP contribution is 2.26. The molecule has 0 aliphatic carbocycles. The molecule has 0 bridgehead atoms. The van der Waals surface area contributed by atoms with Gasteiger partial charge in [-0.15, -0.1) is 22.7 Å². The molecule has 28 heavy (non-hydrogen) atoms. The highest BCUT2D eigenvalue weighted by atomic mass is 32.1. The van der Waals surface area contributed by atoms with Gasteiger partial charge in [0.05, 0.1) is 11.4 Å². The van der Waals surface area contributed by atoms with Gasteiger partial charge in [-0.2, -0.15) is 0 Å². The van der Waals surface area contributed by atoms with Crippen LogP contribution in [0.2, 0.25) is 0 Å². The second-order valence-corrected chi connectivity index (χ2v) is 7.68. The predicted octanol–water partition coefficient (Wildman–Crippen LogP) is 2.86. The number of anilines is 1. The number of carbonyl (C=O) groups is 3. The zero-order valence-electron chi connectivity index (χ0n) is 15.1. The smallest absolute Gasteiger partial charge is 0.261 e. The first-order valence-electron chi connectivity index (χ1n) is 8.36. The molecular formula is C18H18N4O4S2. The number of nitrogens with zero attached hydrogens (tertiary/aromatic N) is 1. The zero-order valence-corrected chi connectivity index (χ0v) is 16.8.